The van der Waals surface area contributed by atoms with Gasteiger partial charge < -0.3 is 4.98 Å². The molecule has 2 aromatic rings. The van der Waals surface area contributed by atoms with Gasteiger partial charge in [-0.3, -0.25) is 19.3 Å². The predicted molar refractivity (Wildman–Crippen MR) is 104 cm³/mol. The first-order valence-corrected chi connectivity index (χ1v) is 10.3. The third-order valence-corrected chi connectivity index (χ3v) is 5.75. The van der Waals surface area contributed by atoms with E-state index in [-0.39, 0.29) is 23.9 Å². The average molecular weight is 390 g/mol. The predicted octanol–water partition coefficient (Wildman–Crippen LogP) is 2.80. The summed E-state index contributed by atoms with van der Waals surface area (Å²) in [5.74, 6) is 0.604. The van der Waals surface area contributed by atoms with Crippen molar-refractivity contribution in [3.05, 3.63) is 57.5 Å². The number of nitrogens with one attached hydrogen (secondary N) is 1. The van der Waals surface area contributed by atoms with Gasteiger partial charge in [-0.25, -0.2) is 4.98 Å². The first-order valence-electron chi connectivity index (χ1n) is 8.25. The lowest BCUT2D eigenvalue weighted by molar-refractivity contribution is 0.0664. The van der Waals surface area contributed by atoms with Gasteiger partial charge in [-0.1, -0.05) is 37.7 Å². The van der Waals surface area contributed by atoms with Crippen LogP contribution in [0.4, 0.5) is 0 Å². The molecule has 0 spiro atoms. The zero-order chi connectivity index (χ0) is 18.7. The van der Waals surface area contributed by atoms with Gasteiger partial charge in [0, 0.05) is 24.1 Å². The molecule has 0 atom stereocenters. The molecule has 1 aliphatic heterocycles. The van der Waals surface area contributed by atoms with Crippen molar-refractivity contribution in [3.8, 4) is 0 Å². The van der Waals surface area contributed by atoms with Crippen molar-refractivity contribution < 1.29 is 9.59 Å². The minimum Gasteiger partial charge on any atom is -0.301 e. The standard InChI is InChI=1S/C18H19N3O3S2/c1-11(2)26-10-12-9-15(22)20-18(19-12)25-8-7-21-16(23)13-5-3-4-6-14(13)17(21)24/h3-6,9,11H,7-8,10H2,1-2H3,(H,19,20,22). The van der Waals surface area contributed by atoms with Crippen molar-refractivity contribution in [3.63, 3.8) is 0 Å². The minimum atomic E-state index is -0.269. The maximum Gasteiger partial charge on any atom is 0.261 e. The van der Waals surface area contributed by atoms with Gasteiger partial charge in [0.05, 0.1) is 16.8 Å². The molecule has 6 nitrogen and oxygen atoms in total. The van der Waals surface area contributed by atoms with E-state index in [1.165, 1.54) is 22.7 Å². The zero-order valence-electron chi connectivity index (χ0n) is 14.5. The van der Waals surface area contributed by atoms with E-state index in [4.69, 9.17) is 0 Å². The number of aromatic amines is 1. The molecule has 0 saturated carbocycles. The monoisotopic (exact) mass is 389 g/mol. The number of amides is 2. The van der Waals surface area contributed by atoms with Crippen molar-refractivity contribution in [2.24, 2.45) is 0 Å². The average Bonchev–Trinajstić information content (AvgIpc) is 2.85. The number of carbonyl (C=O) groups excluding carboxylic acids is 2. The van der Waals surface area contributed by atoms with E-state index < -0.39 is 0 Å². The fourth-order valence-electron chi connectivity index (χ4n) is 2.55. The quantitative estimate of drug-likeness (QED) is 0.445. The van der Waals surface area contributed by atoms with Gasteiger partial charge in [0.2, 0.25) is 0 Å². The molecular weight excluding hydrogens is 370 g/mol. The summed E-state index contributed by atoms with van der Waals surface area (Å²) in [5, 5.41) is 0.967. The van der Waals surface area contributed by atoms with Gasteiger partial charge in [-0.05, 0) is 17.4 Å². The Kier molecular flexibility index (Phi) is 5.83. The number of benzene rings is 1. The van der Waals surface area contributed by atoms with Crippen molar-refractivity contribution >= 4 is 35.3 Å². The summed E-state index contributed by atoms with van der Waals surface area (Å²) in [4.78, 5) is 44.8. The number of hydrogen-bond acceptors (Lipinski definition) is 6. The molecule has 26 heavy (non-hydrogen) atoms. The van der Waals surface area contributed by atoms with Crippen LogP contribution < -0.4 is 5.56 Å². The summed E-state index contributed by atoms with van der Waals surface area (Å²) >= 11 is 3.05. The molecule has 1 aromatic heterocycles. The number of rotatable bonds is 7. The number of aromatic nitrogens is 2. The van der Waals surface area contributed by atoms with Crippen LogP contribution in [0, 0.1) is 0 Å². The van der Waals surface area contributed by atoms with Gasteiger partial charge in [0.15, 0.2) is 5.16 Å². The topological polar surface area (TPSA) is 83.1 Å². The lowest BCUT2D eigenvalue weighted by Gasteiger charge is -2.13. The molecule has 8 heteroatoms. The second kappa shape index (κ2) is 8.09. The number of thioether (sulfide) groups is 2. The molecule has 0 bridgehead atoms. The van der Waals surface area contributed by atoms with Crippen molar-refractivity contribution in [2.75, 3.05) is 12.3 Å². The van der Waals surface area contributed by atoms with E-state index in [9.17, 15) is 14.4 Å². The Morgan fingerprint density at radius 1 is 1.12 bits per heavy atom. The summed E-state index contributed by atoms with van der Waals surface area (Å²) in [6.07, 6.45) is 0. The molecule has 2 heterocycles. The summed E-state index contributed by atoms with van der Waals surface area (Å²) in [6, 6.07) is 8.33. The zero-order valence-corrected chi connectivity index (χ0v) is 16.2. The highest BCUT2D eigenvalue weighted by Gasteiger charge is 2.34. The summed E-state index contributed by atoms with van der Waals surface area (Å²) in [7, 11) is 0. The number of H-pyrrole nitrogens is 1. The molecular formula is C18H19N3O3S2. The number of fused-ring (bicyclic) bond motifs is 1. The van der Waals surface area contributed by atoms with Gasteiger partial charge >= 0.3 is 0 Å². The lowest BCUT2D eigenvalue weighted by Crippen LogP contribution is -2.31. The lowest BCUT2D eigenvalue weighted by atomic mass is 10.1. The van der Waals surface area contributed by atoms with Gasteiger partial charge in [0.1, 0.15) is 0 Å². The van der Waals surface area contributed by atoms with E-state index in [2.05, 4.69) is 23.8 Å². The van der Waals surface area contributed by atoms with Crippen LogP contribution in [-0.4, -0.2) is 44.2 Å². The Labute approximate surface area is 159 Å². The number of imide groups is 1. The first-order chi connectivity index (χ1) is 12.5. The highest BCUT2D eigenvalue weighted by Crippen LogP contribution is 2.23. The summed E-state index contributed by atoms with van der Waals surface area (Å²) in [5.41, 5.74) is 1.43. The van der Waals surface area contributed by atoms with Crippen LogP contribution in [0.3, 0.4) is 0 Å². The fourth-order valence-corrected chi connectivity index (χ4v) is 4.03. The van der Waals surface area contributed by atoms with E-state index >= 15 is 0 Å². The van der Waals surface area contributed by atoms with Gasteiger partial charge in [0.25, 0.3) is 17.4 Å². The molecule has 0 saturated heterocycles. The second-order valence-corrected chi connectivity index (χ2v) is 8.71. The van der Waals surface area contributed by atoms with Crippen molar-refractivity contribution in [2.45, 2.75) is 30.0 Å². The van der Waals surface area contributed by atoms with Gasteiger partial charge in [-0.2, -0.15) is 11.8 Å². The Morgan fingerprint density at radius 2 is 1.77 bits per heavy atom. The first kappa shape index (κ1) is 18.7. The number of carbonyl (C=O) groups is 2. The highest BCUT2D eigenvalue weighted by atomic mass is 32.2. The fraction of sp³-hybridized carbons (Fsp3) is 0.333. The smallest absolute Gasteiger partial charge is 0.261 e. The van der Waals surface area contributed by atoms with E-state index in [1.807, 2.05) is 0 Å². The normalized spacial score (nSPS) is 13.6. The molecule has 1 aromatic carbocycles. The van der Waals surface area contributed by atoms with Crippen LogP contribution in [0.2, 0.25) is 0 Å². The van der Waals surface area contributed by atoms with E-state index in [0.717, 1.165) is 5.69 Å². The van der Waals surface area contributed by atoms with Crippen LogP contribution in [0.1, 0.15) is 40.3 Å². The molecule has 3 rings (SSSR count). The maximum absolute atomic E-state index is 12.3. The van der Waals surface area contributed by atoms with Crippen LogP contribution in [0.5, 0.6) is 0 Å². The van der Waals surface area contributed by atoms with E-state index in [0.29, 0.717) is 33.0 Å². The van der Waals surface area contributed by atoms with Crippen LogP contribution >= 0.6 is 23.5 Å². The van der Waals surface area contributed by atoms with Crippen LogP contribution in [0.25, 0.3) is 0 Å². The molecule has 1 N–H and O–H groups in total. The minimum absolute atomic E-state index is 0.192. The number of nitrogens with zero attached hydrogens (tertiary/aromatic N) is 2. The highest BCUT2D eigenvalue weighted by molar-refractivity contribution is 7.99. The van der Waals surface area contributed by atoms with Crippen LogP contribution in [-0.2, 0) is 5.75 Å². The van der Waals surface area contributed by atoms with Crippen LogP contribution in [0.15, 0.2) is 40.3 Å². The molecule has 0 radical (unpaired) electrons. The third-order valence-electron chi connectivity index (χ3n) is 3.77. The Bertz CT molecular complexity index is 860. The molecule has 2 amide bonds. The Balaban J connectivity index is 1.61. The van der Waals surface area contributed by atoms with Crippen molar-refractivity contribution in [1.29, 1.82) is 0 Å². The van der Waals surface area contributed by atoms with Crippen molar-refractivity contribution in [1.82, 2.24) is 14.9 Å². The molecule has 136 valence electrons. The third kappa shape index (κ3) is 4.19. The molecule has 0 unspecified atom stereocenters. The summed E-state index contributed by atoms with van der Waals surface area (Å²) < 4.78 is 0. The number of hydrogen-bond donors (Lipinski definition) is 1. The maximum atomic E-state index is 12.3. The second-order valence-electron chi connectivity index (χ2n) is 6.06. The molecule has 0 fully saturated rings. The Hall–Kier alpha value is -2.06. The molecule has 0 aliphatic carbocycles. The van der Waals surface area contributed by atoms with Gasteiger partial charge in [-0.15, -0.1) is 0 Å². The largest absolute Gasteiger partial charge is 0.301 e. The Morgan fingerprint density at radius 3 is 2.38 bits per heavy atom. The molecule has 1 aliphatic rings. The summed E-state index contributed by atoms with van der Waals surface area (Å²) in [6.45, 7) is 4.46. The SMILES string of the molecule is CC(C)SCc1cc(=O)[nH]c(SCCN2C(=O)c3ccccc3C2=O)n1. The van der Waals surface area contributed by atoms with E-state index in [1.54, 1.807) is 36.0 Å².